The number of aromatic nitrogens is 2. The summed E-state index contributed by atoms with van der Waals surface area (Å²) in [6, 6.07) is 7.66. The molecule has 1 N–H and O–H groups in total. The molecule has 1 fully saturated rings. The molecule has 2 aliphatic rings. The van der Waals surface area contributed by atoms with E-state index in [4.69, 9.17) is 4.74 Å². The zero-order chi connectivity index (χ0) is 28.3. The maximum absolute atomic E-state index is 13.9. The molecule has 1 aliphatic carbocycles. The van der Waals surface area contributed by atoms with Crippen LogP contribution in [-0.4, -0.2) is 68.0 Å². The van der Waals surface area contributed by atoms with Crippen LogP contribution < -0.4 is 20.5 Å². The van der Waals surface area contributed by atoms with Gasteiger partial charge in [0, 0.05) is 37.6 Å². The van der Waals surface area contributed by atoms with Gasteiger partial charge in [0.05, 0.1) is 24.5 Å². The Morgan fingerprint density at radius 3 is 2.65 bits per heavy atom. The summed E-state index contributed by atoms with van der Waals surface area (Å²) < 4.78 is 35.8. The fourth-order valence-electron chi connectivity index (χ4n) is 5.43. The molecule has 5 rings (SSSR count). The van der Waals surface area contributed by atoms with Gasteiger partial charge in [0.25, 0.3) is 5.56 Å². The number of hydrogen-bond donors (Lipinski definition) is 1. The molecule has 3 aromatic rings. The summed E-state index contributed by atoms with van der Waals surface area (Å²) >= 11 is 1.18. The number of methoxy groups -OCH3 is 1. The van der Waals surface area contributed by atoms with Gasteiger partial charge in [-0.2, -0.15) is 4.31 Å². The molecule has 214 valence electrons. The summed E-state index contributed by atoms with van der Waals surface area (Å²) in [6.45, 7) is 3.50. The molecule has 3 heterocycles. The highest BCUT2D eigenvalue weighted by molar-refractivity contribution is 7.89. The number of piperazine rings is 1. The third-order valence-electron chi connectivity index (χ3n) is 7.53. The fraction of sp³-hybridized carbons (Fsp3) is 0.464. The minimum atomic E-state index is -3.97. The number of benzene rings is 1. The first-order chi connectivity index (χ1) is 19.3. The molecular formula is C28H35N5O5S2. The summed E-state index contributed by atoms with van der Waals surface area (Å²) in [7, 11) is -2.35. The van der Waals surface area contributed by atoms with Crippen molar-refractivity contribution in [1.29, 1.82) is 0 Å². The standard InChI is InChI=1S/C28H35N5O5S2/c1-20-26(40(36,37)33-16-14-31(15-17-33)22-10-6-7-11-23(22)38-2)25-27(39-20)30-19-32(28(25)35)18-24(34)29-13-12-21-8-4-3-5-9-21/h6-8,10-11,19H,3-5,9,12-18H2,1-2H3,(H,29,34). The summed E-state index contributed by atoms with van der Waals surface area (Å²) in [4.78, 5) is 33.4. The molecule has 40 heavy (non-hydrogen) atoms. The first-order valence-electron chi connectivity index (χ1n) is 13.6. The predicted octanol–water partition coefficient (Wildman–Crippen LogP) is 3.29. The first-order valence-corrected chi connectivity index (χ1v) is 15.9. The van der Waals surface area contributed by atoms with Gasteiger partial charge in [0.1, 0.15) is 22.0 Å². The maximum atomic E-state index is 13.9. The number of carbonyl (C=O) groups is 1. The molecule has 1 saturated heterocycles. The molecular weight excluding hydrogens is 550 g/mol. The topological polar surface area (TPSA) is 114 Å². The third kappa shape index (κ3) is 5.79. The van der Waals surface area contributed by atoms with Crippen molar-refractivity contribution in [3.8, 4) is 5.75 Å². The Morgan fingerprint density at radius 1 is 1.15 bits per heavy atom. The largest absolute Gasteiger partial charge is 0.495 e. The second-order valence-electron chi connectivity index (χ2n) is 10.1. The van der Waals surface area contributed by atoms with E-state index in [9.17, 15) is 18.0 Å². The maximum Gasteiger partial charge on any atom is 0.263 e. The zero-order valence-electron chi connectivity index (χ0n) is 22.9. The average Bonchev–Trinajstić information content (AvgIpc) is 3.32. The number of amides is 1. The molecule has 0 saturated carbocycles. The van der Waals surface area contributed by atoms with E-state index >= 15 is 0 Å². The average molecular weight is 586 g/mol. The van der Waals surface area contributed by atoms with Crippen molar-refractivity contribution in [3.63, 3.8) is 0 Å². The first kappa shape index (κ1) is 28.3. The number of para-hydroxylation sites is 2. The number of anilines is 1. The Hall–Kier alpha value is -3.22. The van der Waals surface area contributed by atoms with Crippen LogP contribution in [0, 0.1) is 6.92 Å². The molecule has 1 aromatic carbocycles. The van der Waals surface area contributed by atoms with Crippen molar-refractivity contribution in [3.05, 3.63) is 57.5 Å². The van der Waals surface area contributed by atoms with Crippen molar-refractivity contribution in [2.45, 2.75) is 50.5 Å². The quantitative estimate of drug-likeness (QED) is 0.384. The van der Waals surface area contributed by atoms with Crippen LogP contribution >= 0.6 is 11.3 Å². The number of aryl methyl sites for hydroxylation is 1. The van der Waals surface area contributed by atoms with Crippen LogP contribution in [0.2, 0.25) is 0 Å². The van der Waals surface area contributed by atoms with Crippen molar-refractivity contribution >= 4 is 43.2 Å². The predicted molar refractivity (Wildman–Crippen MR) is 157 cm³/mol. The van der Waals surface area contributed by atoms with E-state index < -0.39 is 15.6 Å². The van der Waals surface area contributed by atoms with Crippen LogP contribution in [0.1, 0.15) is 37.0 Å². The van der Waals surface area contributed by atoms with Crippen molar-refractivity contribution in [2.75, 3.05) is 44.7 Å². The van der Waals surface area contributed by atoms with Crippen LogP contribution in [0.3, 0.4) is 0 Å². The molecule has 0 spiro atoms. The van der Waals surface area contributed by atoms with Crippen molar-refractivity contribution in [1.82, 2.24) is 19.2 Å². The molecule has 1 amide bonds. The number of nitrogens with zero attached hydrogens (tertiary/aromatic N) is 4. The van der Waals surface area contributed by atoms with Gasteiger partial charge in [0.15, 0.2) is 0 Å². The highest BCUT2D eigenvalue weighted by atomic mass is 32.2. The third-order valence-corrected chi connectivity index (χ3v) is 10.7. The van der Waals surface area contributed by atoms with Crippen LogP contribution in [0.25, 0.3) is 10.2 Å². The van der Waals surface area contributed by atoms with Crippen LogP contribution in [-0.2, 0) is 21.4 Å². The highest BCUT2D eigenvalue weighted by Crippen LogP contribution is 2.34. The lowest BCUT2D eigenvalue weighted by atomic mass is 9.97. The summed E-state index contributed by atoms with van der Waals surface area (Å²) in [5, 5.41) is 2.93. The number of carbonyl (C=O) groups excluding carboxylic acids is 1. The number of fused-ring (bicyclic) bond motifs is 1. The second-order valence-corrected chi connectivity index (χ2v) is 13.2. The molecule has 0 atom stereocenters. The van der Waals surface area contributed by atoms with Gasteiger partial charge < -0.3 is 15.0 Å². The van der Waals surface area contributed by atoms with Gasteiger partial charge in [-0.25, -0.2) is 13.4 Å². The normalized spacial score (nSPS) is 16.6. The fourth-order valence-corrected chi connectivity index (χ4v) is 8.52. The summed E-state index contributed by atoms with van der Waals surface area (Å²) in [5.41, 5.74) is 1.75. The van der Waals surface area contributed by atoms with Gasteiger partial charge in [-0.1, -0.05) is 23.8 Å². The van der Waals surface area contributed by atoms with E-state index in [0.29, 0.717) is 29.3 Å². The Labute approximate surface area is 238 Å². The number of allylic oxidation sites excluding steroid dienone is 1. The van der Waals surface area contributed by atoms with Gasteiger partial charge in [-0.15, -0.1) is 11.3 Å². The number of ether oxygens (including phenoxy) is 1. The van der Waals surface area contributed by atoms with Crippen LogP contribution in [0.15, 0.2) is 51.9 Å². The Morgan fingerprint density at radius 2 is 1.93 bits per heavy atom. The summed E-state index contributed by atoms with van der Waals surface area (Å²) in [5.74, 6) is 0.434. The van der Waals surface area contributed by atoms with Crippen molar-refractivity contribution < 1.29 is 17.9 Å². The van der Waals surface area contributed by atoms with Gasteiger partial charge in [-0.3, -0.25) is 14.2 Å². The van der Waals surface area contributed by atoms with Gasteiger partial charge >= 0.3 is 0 Å². The number of hydrogen-bond acceptors (Lipinski definition) is 8. The molecule has 12 heteroatoms. The summed E-state index contributed by atoms with van der Waals surface area (Å²) in [6.07, 6.45) is 8.93. The van der Waals surface area contributed by atoms with Crippen LogP contribution in [0.4, 0.5) is 5.69 Å². The Kier molecular flexibility index (Phi) is 8.57. The van der Waals surface area contributed by atoms with Crippen molar-refractivity contribution in [2.24, 2.45) is 0 Å². The van der Waals surface area contributed by atoms with Gasteiger partial charge in [-0.05, 0) is 51.2 Å². The SMILES string of the molecule is COc1ccccc1N1CCN(S(=O)(=O)c2c(C)sc3ncn(CC(=O)NCCC4=CCCCC4)c(=O)c23)CC1. The minimum Gasteiger partial charge on any atom is -0.495 e. The number of nitrogens with one attached hydrogen (secondary N) is 1. The van der Waals surface area contributed by atoms with Gasteiger partial charge in [0.2, 0.25) is 15.9 Å². The van der Waals surface area contributed by atoms with E-state index in [1.807, 2.05) is 24.3 Å². The molecule has 0 unspecified atom stereocenters. The van der Waals surface area contributed by atoms with E-state index in [-0.39, 0.29) is 35.8 Å². The zero-order valence-corrected chi connectivity index (χ0v) is 24.5. The Balaban J connectivity index is 1.32. The number of sulfonamides is 1. The molecule has 0 radical (unpaired) electrons. The second kappa shape index (κ2) is 12.1. The Bertz CT molecular complexity index is 1590. The molecule has 1 aliphatic heterocycles. The van der Waals surface area contributed by atoms with E-state index in [1.165, 1.54) is 45.0 Å². The smallest absolute Gasteiger partial charge is 0.263 e. The lowest BCUT2D eigenvalue weighted by molar-refractivity contribution is -0.121. The van der Waals surface area contributed by atoms with E-state index in [1.54, 1.807) is 14.0 Å². The van der Waals surface area contributed by atoms with Crippen LogP contribution in [0.5, 0.6) is 5.75 Å². The highest BCUT2D eigenvalue weighted by Gasteiger charge is 2.34. The van der Waals surface area contributed by atoms with E-state index in [2.05, 4.69) is 21.3 Å². The van der Waals surface area contributed by atoms with E-state index in [0.717, 1.165) is 30.7 Å². The minimum absolute atomic E-state index is 0.00487. The molecule has 2 aromatic heterocycles. The lowest BCUT2D eigenvalue weighted by Gasteiger charge is -2.35. The lowest BCUT2D eigenvalue weighted by Crippen LogP contribution is -2.49. The molecule has 10 nitrogen and oxygen atoms in total. The number of rotatable bonds is 9. The number of thiophene rings is 1. The monoisotopic (exact) mass is 585 g/mol. The molecule has 0 bridgehead atoms.